The summed E-state index contributed by atoms with van der Waals surface area (Å²) in [6, 6.07) is 24.9. The Labute approximate surface area is 144 Å². The van der Waals surface area contributed by atoms with E-state index in [1.165, 1.54) is 22.3 Å². The van der Waals surface area contributed by atoms with E-state index in [0.717, 1.165) is 18.4 Å². The number of hydrogen-bond donors (Lipinski definition) is 1. The third-order valence-corrected chi connectivity index (χ3v) is 4.79. The van der Waals surface area contributed by atoms with Crippen molar-refractivity contribution in [2.45, 2.75) is 32.6 Å². The smallest absolute Gasteiger partial charge is 0.118 e. The van der Waals surface area contributed by atoms with Crippen LogP contribution in [0.1, 0.15) is 36.0 Å². The first kappa shape index (κ1) is 16.3. The zero-order valence-corrected chi connectivity index (χ0v) is 14.4. The summed E-state index contributed by atoms with van der Waals surface area (Å²) in [6.45, 7) is 4.38. The average molecular weight is 316 g/mol. The number of benzene rings is 3. The minimum Gasteiger partial charge on any atom is -0.508 e. The van der Waals surface area contributed by atoms with Crippen molar-refractivity contribution in [2.75, 3.05) is 0 Å². The molecule has 24 heavy (non-hydrogen) atoms. The summed E-state index contributed by atoms with van der Waals surface area (Å²) in [7, 11) is 0. The topological polar surface area (TPSA) is 20.2 Å². The minimum atomic E-state index is 0.383. The maximum Gasteiger partial charge on any atom is 0.118 e. The molecule has 3 rings (SSSR count). The Kier molecular flexibility index (Phi) is 5.00. The van der Waals surface area contributed by atoms with Crippen molar-refractivity contribution in [1.82, 2.24) is 0 Å². The second kappa shape index (κ2) is 7.35. The van der Waals surface area contributed by atoms with Crippen LogP contribution in [0.5, 0.6) is 5.75 Å². The van der Waals surface area contributed by atoms with Crippen molar-refractivity contribution in [1.29, 1.82) is 0 Å². The van der Waals surface area contributed by atoms with Crippen molar-refractivity contribution in [3.8, 4) is 16.9 Å². The highest BCUT2D eigenvalue weighted by molar-refractivity contribution is 5.71. The van der Waals surface area contributed by atoms with Gasteiger partial charge in [0.05, 0.1) is 0 Å². The average Bonchev–Trinajstić information content (AvgIpc) is 2.62. The maximum atomic E-state index is 10.1. The van der Waals surface area contributed by atoms with E-state index >= 15 is 0 Å². The number of para-hydroxylation sites is 1. The highest BCUT2D eigenvalue weighted by Gasteiger charge is 2.17. The summed E-state index contributed by atoms with van der Waals surface area (Å²) >= 11 is 0. The Morgan fingerprint density at radius 3 is 2.12 bits per heavy atom. The first-order chi connectivity index (χ1) is 11.7. The van der Waals surface area contributed by atoms with Gasteiger partial charge in [0.25, 0.3) is 0 Å². The molecule has 1 heteroatoms. The Morgan fingerprint density at radius 2 is 1.42 bits per heavy atom. The van der Waals surface area contributed by atoms with E-state index in [4.69, 9.17) is 0 Å². The lowest BCUT2D eigenvalue weighted by Gasteiger charge is -2.21. The van der Waals surface area contributed by atoms with Gasteiger partial charge >= 0.3 is 0 Å². The highest BCUT2D eigenvalue weighted by Crippen LogP contribution is 2.35. The lowest BCUT2D eigenvalue weighted by atomic mass is 9.84. The van der Waals surface area contributed by atoms with Gasteiger partial charge in [0.1, 0.15) is 5.75 Å². The van der Waals surface area contributed by atoms with E-state index < -0.39 is 0 Å². The van der Waals surface area contributed by atoms with Crippen LogP contribution in [0.2, 0.25) is 0 Å². The van der Waals surface area contributed by atoms with Gasteiger partial charge in [0.2, 0.25) is 0 Å². The van der Waals surface area contributed by atoms with Gasteiger partial charge in [-0.3, -0.25) is 0 Å². The molecule has 1 nitrogen and oxygen atoms in total. The third-order valence-electron chi connectivity index (χ3n) is 4.79. The third kappa shape index (κ3) is 3.35. The summed E-state index contributed by atoms with van der Waals surface area (Å²) in [6.07, 6.45) is 1.89. The summed E-state index contributed by atoms with van der Waals surface area (Å²) in [4.78, 5) is 0. The molecule has 0 aromatic heterocycles. The normalized spacial score (nSPS) is 12.1. The molecule has 3 aromatic rings. The van der Waals surface area contributed by atoms with Gasteiger partial charge < -0.3 is 5.11 Å². The van der Waals surface area contributed by atoms with Crippen LogP contribution < -0.4 is 0 Å². The predicted octanol–water partition coefficient (Wildman–Crippen LogP) is 6.10. The Balaban J connectivity index is 2.02. The van der Waals surface area contributed by atoms with Crippen LogP contribution in [0.4, 0.5) is 0 Å². The van der Waals surface area contributed by atoms with Crippen LogP contribution >= 0.6 is 0 Å². The number of rotatable bonds is 5. The summed E-state index contributed by atoms with van der Waals surface area (Å²) in [5.74, 6) is 0.776. The van der Waals surface area contributed by atoms with E-state index in [9.17, 15) is 5.11 Å². The number of aromatic hydroxyl groups is 1. The van der Waals surface area contributed by atoms with Gasteiger partial charge in [-0.15, -0.1) is 0 Å². The van der Waals surface area contributed by atoms with Gasteiger partial charge in [-0.25, -0.2) is 0 Å². The second-order valence-corrected chi connectivity index (χ2v) is 6.34. The minimum absolute atomic E-state index is 0.383. The molecule has 3 aromatic carbocycles. The maximum absolute atomic E-state index is 10.1. The molecule has 1 unspecified atom stereocenters. The van der Waals surface area contributed by atoms with Gasteiger partial charge in [0.15, 0.2) is 0 Å². The molecule has 0 bridgehead atoms. The Bertz CT molecular complexity index is 820. The summed E-state index contributed by atoms with van der Waals surface area (Å²) < 4.78 is 0. The molecule has 0 aliphatic rings. The molecule has 0 spiro atoms. The molecule has 122 valence electrons. The number of phenols is 1. The molecule has 0 saturated heterocycles. The molecule has 0 aliphatic carbocycles. The van der Waals surface area contributed by atoms with Crippen molar-refractivity contribution < 1.29 is 5.11 Å². The van der Waals surface area contributed by atoms with Crippen molar-refractivity contribution in [2.24, 2.45) is 0 Å². The zero-order chi connectivity index (χ0) is 16.9. The largest absolute Gasteiger partial charge is 0.508 e. The summed E-state index contributed by atoms with van der Waals surface area (Å²) in [5, 5.41) is 10.1. The van der Waals surface area contributed by atoms with Crippen LogP contribution in [0.15, 0.2) is 72.8 Å². The molecular weight excluding hydrogens is 292 g/mol. The van der Waals surface area contributed by atoms with E-state index in [1.54, 1.807) is 6.07 Å². The van der Waals surface area contributed by atoms with Crippen LogP contribution in [-0.2, 0) is 6.42 Å². The molecule has 0 amide bonds. The first-order valence-electron chi connectivity index (χ1n) is 8.62. The van der Waals surface area contributed by atoms with E-state index in [1.807, 2.05) is 18.2 Å². The van der Waals surface area contributed by atoms with Gasteiger partial charge in [-0.2, -0.15) is 0 Å². The number of phenolic OH excluding ortho intramolecular Hbond substituents is 1. The first-order valence-corrected chi connectivity index (χ1v) is 8.62. The van der Waals surface area contributed by atoms with Gasteiger partial charge in [-0.1, -0.05) is 73.7 Å². The summed E-state index contributed by atoms with van der Waals surface area (Å²) in [5.41, 5.74) is 6.27. The number of aryl methyl sites for hydroxylation is 1. The monoisotopic (exact) mass is 316 g/mol. The Morgan fingerprint density at radius 1 is 0.792 bits per heavy atom. The molecule has 1 atom stereocenters. The molecule has 0 saturated carbocycles. The van der Waals surface area contributed by atoms with Crippen molar-refractivity contribution in [3.05, 3.63) is 89.5 Å². The van der Waals surface area contributed by atoms with Crippen molar-refractivity contribution >= 4 is 0 Å². The van der Waals surface area contributed by atoms with E-state index in [0.29, 0.717) is 11.7 Å². The molecule has 0 radical (unpaired) electrons. The van der Waals surface area contributed by atoms with Crippen LogP contribution in [0, 0.1) is 6.92 Å². The molecule has 1 N–H and O–H groups in total. The lowest BCUT2D eigenvalue weighted by molar-refractivity contribution is 0.464. The van der Waals surface area contributed by atoms with Crippen LogP contribution in [0.3, 0.4) is 0 Å². The van der Waals surface area contributed by atoms with E-state index in [-0.39, 0.29) is 0 Å². The van der Waals surface area contributed by atoms with Crippen LogP contribution in [0.25, 0.3) is 11.1 Å². The Hall–Kier alpha value is -2.54. The fraction of sp³-hybridized carbons (Fsp3) is 0.217. The molecular formula is C23H24O. The van der Waals surface area contributed by atoms with Gasteiger partial charge in [-0.05, 0) is 59.6 Å². The SMILES string of the molecule is CCC(Cc1ccccc1O)c1ccccc1-c1ccccc1C. The molecule has 0 fully saturated rings. The zero-order valence-electron chi connectivity index (χ0n) is 14.4. The highest BCUT2D eigenvalue weighted by atomic mass is 16.3. The molecule has 0 aliphatic heterocycles. The standard InChI is InChI=1S/C23H24O/c1-3-18(16-19-11-5-9-15-23(19)24)21-13-7-8-14-22(21)20-12-6-4-10-17(20)2/h4-15,18,24H,3,16H2,1-2H3. The fourth-order valence-corrected chi connectivity index (χ4v) is 3.40. The predicted molar refractivity (Wildman–Crippen MR) is 101 cm³/mol. The quantitative estimate of drug-likeness (QED) is 0.602. The van der Waals surface area contributed by atoms with Gasteiger partial charge in [0, 0.05) is 0 Å². The fourth-order valence-electron chi connectivity index (χ4n) is 3.40. The van der Waals surface area contributed by atoms with Crippen molar-refractivity contribution in [3.63, 3.8) is 0 Å². The number of hydrogen-bond acceptors (Lipinski definition) is 1. The van der Waals surface area contributed by atoms with Crippen LogP contribution in [-0.4, -0.2) is 5.11 Å². The molecule has 0 heterocycles. The second-order valence-electron chi connectivity index (χ2n) is 6.34. The van der Waals surface area contributed by atoms with E-state index in [2.05, 4.69) is 62.4 Å². The lowest BCUT2D eigenvalue weighted by Crippen LogP contribution is -2.04.